The zero-order valence-electron chi connectivity index (χ0n) is 9.87. The fourth-order valence-corrected chi connectivity index (χ4v) is 2.00. The van der Waals surface area contributed by atoms with Crippen LogP contribution in [-0.4, -0.2) is 34.1 Å². The van der Waals surface area contributed by atoms with Crippen LogP contribution in [0.1, 0.15) is 12.0 Å². The SMILES string of the molecule is Cc1cnc(N2CC(CO)CC2=O)c([N+](=O)[O-])c1. The van der Waals surface area contributed by atoms with E-state index in [1.54, 1.807) is 6.92 Å². The molecule has 1 aliphatic rings. The molecule has 7 heteroatoms. The standard InChI is InChI=1S/C11H13N3O4/c1-7-2-9(14(17)18)11(12-4-7)13-5-8(6-15)3-10(13)16/h2,4,8,15H,3,5-6H2,1H3. The Morgan fingerprint density at radius 3 is 2.94 bits per heavy atom. The number of anilines is 1. The number of aryl methyl sites for hydroxylation is 1. The van der Waals surface area contributed by atoms with Crippen LogP contribution in [0.2, 0.25) is 0 Å². The van der Waals surface area contributed by atoms with Gasteiger partial charge in [-0.15, -0.1) is 0 Å². The van der Waals surface area contributed by atoms with E-state index >= 15 is 0 Å². The number of hydrogen-bond donors (Lipinski definition) is 1. The maximum absolute atomic E-state index is 11.8. The summed E-state index contributed by atoms with van der Waals surface area (Å²) in [5.41, 5.74) is 0.484. The van der Waals surface area contributed by atoms with Crippen molar-refractivity contribution in [1.29, 1.82) is 0 Å². The van der Waals surface area contributed by atoms with Gasteiger partial charge < -0.3 is 5.11 Å². The summed E-state index contributed by atoms with van der Waals surface area (Å²) in [4.78, 5) is 27.4. The van der Waals surface area contributed by atoms with Crippen molar-refractivity contribution in [3.8, 4) is 0 Å². The van der Waals surface area contributed by atoms with Crippen molar-refractivity contribution in [2.24, 2.45) is 5.92 Å². The van der Waals surface area contributed by atoms with E-state index in [1.165, 1.54) is 17.2 Å². The van der Waals surface area contributed by atoms with Crippen molar-refractivity contribution in [2.75, 3.05) is 18.1 Å². The second-order valence-electron chi connectivity index (χ2n) is 4.37. The monoisotopic (exact) mass is 251 g/mol. The predicted molar refractivity (Wildman–Crippen MR) is 63.2 cm³/mol. The lowest BCUT2D eigenvalue weighted by Gasteiger charge is -2.15. The molecule has 2 heterocycles. The Balaban J connectivity index is 2.39. The van der Waals surface area contributed by atoms with E-state index in [0.717, 1.165) is 0 Å². The molecule has 96 valence electrons. The maximum Gasteiger partial charge on any atom is 0.312 e. The van der Waals surface area contributed by atoms with Gasteiger partial charge in [0.2, 0.25) is 11.7 Å². The molecule has 1 fully saturated rings. The van der Waals surface area contributed by atoms with Gasteiger partial charge in [-0.05, 0) is 12.5 Å². The minimum atomic E-state index is -0.547. The molecule has 0 bridgehead atoms. The summed E-state index contributed by atoms with van der Waals surface area (Å²) < 4.78 is 0. The quantitative estimate of drug-likeness (QED) is 0.628. The van der Waals surface area contributed by atoms with Crippen LogP contribution in [0.4, 0.5) is 11.5 Å². The van der Waals surface area contributed by atoms with Gasteiger partial charge >= 0.3 is 5.69 Å². The van der Waals surface area contributed by atoms with Crippen molar-refractivity contribution in [3.63, 3.8) is 0 Å². The van der Waals surface area contributed by atoms with E-state index in [1.807, 2.05) is 0 Å². The van der Waals surface area contributed by atoms with Gasteiger partial charge in [0.05, 0.1) is 4.92 Å². The highest BCUT2D eigenvalue weighted by Crippen LogP contribution is 2.31. The highest BCUT2D eigenvalue weighted by molar-refractivity contribution is 5.96. The topological polar surface area (TPSA) is 96.6 Å². The Morgan fingerprint density at radius 1 is 1.67 bits per heavy atom. The van der Waals surface area contributed by atoms with Gasteiger partial charge in [0.1, 0.15) is 0 Å². The second kappa shape index (κ2) is 4.69. The summed E-state index contributed by atoms with van der Waals surface area (Å²) in [6.07, 6.45) is 1.69. The lowest BCUT2D eigenvalue weighted by Crippen LogP contribution is -2.26. The Bertz CT molecular complexity index is 503. The molecule has 1 N–H and O–H groups in total. The van der Waals surface area contributed by atoms with Crippen molar-refractivity contribution < 1.29 is 14.8 Å². The van der Waals surface area contributed by atoms with E-state index < -0.39 is 4.92 Å². The normalized spacial score (nSPS) is 19.3. The molecule has 1 aliphatic heterocycles. The Morgan fingerprint density at radius 2 is 2.39 bits per heavy atom. The molecule has 1 aromatic heterocycles. The molecule has 18 heavy (non-hydrogen) atoms. The number of pyridine rings is 1. The molecule has 1 saturated heterocycles. The third-order valence-electron chi connectivity index (χ3n) is 2.90. The third-order valence-corrected chi connectivity index (χ3v) is 2.90. The van der Waals surface area contributed by atoms with Crippen LogP contribution in [0.25, 0.3) is 0 Å². The van der Waals surface area contributed by atoms with E-state index in [0.29, 0.717) is 5.56 Å². The fraction of sp³-hybridized carbons (Fsp3) is 0.455. The predicted octanol–water partition coefficient (Wildman–Crippen LogP) is 0.643. The number of aromatic nitrogens is 1. The number of carbonyl (C=O) groups excluding carboxylic acids is 1. The highest BCUT2D eigenvalue weighted by atomic mass is 16.6. The number of aliphatic hydroxyl groups excluding tert-OH is 1. The zero-order valence-corrected chi connectivity index (χ0v) is 9.87. The Hall–Kier alpha value is -2.02. The molecule has 0 saturated carbocycles. The minimum absolute atomic E-state index is 0.0616. The molecule has 2 rings (SSSR count). The second-order valence-corrected chi connectivity index (χ2v) is 4.37. The zero-order chi connectivity index (χ0) is 13.3. The summed E-state index contributed by atoms with van der Waals surface area (Å²) in [6.45, 7) is 1.86. The molecule has 0 aromatic carbocycles. The first-order valence-electron chi connectivity index (χ1n) is 5.55. The van der Waals surface area contributed by atoms with E-state index in [9.17, 15) is 14.9 Å². The van der Waals surface area contributed by atoms with E-state index in [-0.39, 0.29) is 42.9 Å². The van der Waals surface area contributed by atoms with Gasteiger partial charge in [-0.2, -0.15) is 0 Å². The molecule has 1 atom stereocenters. The first-order chi connectivity index (χ1) is 8.52. The summed E-state index contributed by atoms with van der Waals surface area (Å²) in [5, 5.41) is 20.0. The molecule has 0 spiro atoms. The van der Waals surface area contributed by atoms with Crippen LogP contribution in [0.3, 0.4) is 0 Å². The largest absolute Gasteiger partial charge is 0.396 e. The first-order valence-corrected chi connectivity index (χ1v) is 5.55. The van der Waals surface area contributed by atoms with Crippen LogP contribution in [0.5, 0.6) is 0 Å². The van der Waals surface area contributed by atoms with Crippen molar-refractivity contribution in [1.82, 2.24) is 4.98 Å². The first kappa shape index (κ1) is 12.4. The van der Waals surface area contributed by atoms with Crippen LogP contribution >= 0.6 is 0 Å². The van der Waals surface area contributed by atoms with Crippen LogP contribution < -0.4 is 4.90 Å². The molecular weight excluding hydrogens is 238 g/mol. The Labute approximate surface area is 103 Å². The summed E-state index contributed by atoms with van der Waals surface area (Å²) >= 11 is 0. The lowest BCUT2D eigenvalue weighted by atomic mass is 10.1. The van der Waals surface area contributed by atoms with Gasteiger partial charge in [0, 0.05) is 37.8 Å². The molecular formula is C11H13N3O4. The molecule has 1 amide bonds. The minimum Gasteiger partial charge on any atom is -0.396 e. The number of aliphatic hydroxyl groups is 1. The smallest absolute Gasteiger partial charge is 0.312 e. The lowest BCUT2D eigenvalue weighted by molar-refractivity contribution is -0.384. The average molecular weight is 251 g/mol. The highest BCUT2D eigenvalue weighted by Gasteiger charge is 2.34. The third kappa shape index (κ3) is 2.17. The Kier molecular flexibility index (Phi) is 3.24. The van der Waals surface area contributed by atoms with Crippen molar-refractivity contribution in [3.05, 3.63) is 27.9 Å². The van der Waals surface area contributed by atoms with Crippen LogP contribution in [0.15, 0.2) is 12.3 Å². The summed E-state index contributed by atoms with van der Waals surface area (Å²) in [6, 6.07) is 1.39. The van der Waals surface area contributed by atoms with E-state index in [2.05, 4.69) is 4.98 Å². The maximum atomic E-state index is 11.8. The molecule has 7 nitrogen and oxygen atoms in total. The number of carbonyl (C=O) groups is 1. The van der Waals surface area contributed by atoms with Gasteiger partial charge in [-0.3, -0.25) is 19.8 Å². The molecule has 1 aromatic rings. The fourth-order valence-electron chi connectivity index (χ4n) is 2.00. The molecule has 1 unspecified atom stereocenters. The van der Waals surface area contributed by atoms with Gasteiger partial charge in [0.15, 0.2) is 0 Å². The van der Waals surface area contributed by atoms with E-state index in [4.69, 9.17) is 5.11 Å². The average Bonchev–Trinajstić information content (AvgIpc) is 2.70. The molecule has 0 radical (unpaired) electrons. The molecule has 0 aliphatic carbocycles. The van der Waals surface area contributed by atoms with Crippen LogP contribution in [0, 0.1) is 23.0 Å². The van der Waals surface area contributed by atoms with Crippen LogP contribution in [-0.2, 0) is 4.79 Å². The summed E-state index contributed by atoms with van der Waals surface area (Å²) in [7, 11) is 0. The number of nitro groups is 1. The number of amides is 1. The van der Waals surface area contributed by atoms with Gasteiger partial charge in [-0.25, -0.2) is 4.98 Å². The number of rotatable bonds is 3. The van der Waals surface area contributed by atoms with Gasteiger partial charge in [-0.1, -0.05) is 0 Å². The summed E-state index contributed by atoms with van der Waals surface area (Å²) in [5.74, 6) is -0.361. The van der Waals surface area contributed by atoms with Crippen molar-refractivity contribution >= 4 is 17.4 Å². The number of nitrogens with zero attached hydrogens (tertiary/aromatic N) is 3. The van der Waals surface area contributed by atoms with Gasteiger partial charge in [0.25, 0.3) is 0 Å². The number of hydrogen-bond acceptors (Lipinski definition) is 5. The van der Waals surface area contributed by atoms with Crippen molar-refractivity contribution in [2.45, 2.75) is 13.3 Å².